The number of cyclic esters (lactones) is 1. The molecule has 10 heteroatoms. The summed E-state index contributed by atoms with van der Waals surface area (Å²) in [7, 11) is 7.90. The smallest absolute Gasteiger partial charge is 0.314 e. The van der Waals surface area contributed by atoms with E-state index in [4.69, 9.17) is 23.7 Å². The normalized spacial score (nSPS) is 39.3. The van der Waals surface area contributed by atoms with E-state index in [1.807, 2.05) is 39.8 Å². The van der Waals surface area contributed by atoms with Gasteiger partial charge in [-0.25, -0.2) is 0 Å². The lowest BCUT2D eigenvalue weighted by Gasteiger charge is -2.49. The van der Waals surface area contributed by atoms with Crippen molar-refractivity contribution in [1.29, 1.82) is 0 Å². The summed E-state index contributed by atoms with van der Waals surface area (Å²) in [6.45, 7) is 18.5. The number of epoxide rings is 1. The lowest BCUT2D eigenvalue weighted by atomic mass is 9.77. The van der Waals surface area contributed by atoms with E-state index in [1.165, 1.54) is 11.1 Å². The van der Waals surface area contributed by atoms with Crippen LogP contribution in [0.5, 0.6) is 0 Å². The minimum Gasteiger partial charge on any atom is -0.463 e. The predicted octanol–water partition coefficient (Wildman–Crippen LogP) is 4.49. The Balaban J connectivity index is 1.40. The van der Waals surface area contributed by atoms with Gasteiger partial charge >= 0.3 is 5.97 Å². The van der Waals surface area contributed by atoms with Gasteiger partial charge in [-0.3, -0.25) is 14.6 Å². The maximum atomic E-state index is 13.9. The van der Waals surface area contributed by atoms with Crippen molar-refractivity contribution in [2.24, 2.45) is 17.3 Å². The Morgan fingerprint density at radius 1 is 1.04 bits per heavy atom. The fraction of sp³-hybridized carbons (Fsp3) is 0.821. The van der Waals surface area contributed by atoms with Gasteiger partial charge in [-0.1, -0.05) is 43.7 Å². The summed E-state index contributed by atoms with van der Waals surface area (Å²) in [5.41, 5.74) is 0.759. The summed E-state index contributed by atoms with van der Waals surface area (Å²) in [4.78, 5) is 20.9. The number of aliphatic hydroxyl groups is 1. The summed E-state index contributed by atoms with van der Waals surface area (Å²) in [6, 6.07) is 8.71. The Bertz CT molecular complexity index is 1250. The van der Waals surface area contributed by atoms with Gasteiger partial charge in [0, 0.05) is 45.2 Å². The number of likely N-dealkylation sites (N-methyl/N-ethyl adjacent to an activating group) is 2. The van der Waals surface area contributed by atoms with E-state index >= 15 is 0 Å². The summed E-state index contributed by atoms with van der Waals surface area (Å²) >= 11 is 0. The second-order valence-electron chi connectivity index (χ2n) is 17.0. The Morgan fingerprint density at radius 3 is 2.31 bits per heavy atom. The molecule has 4 fully saturated rings. The summed E-state index contributed by atoms with van der Waals surface area (Å²) < 4.78 is 32.2. The first-order valence-corrected chi connectivity index (χ1v) is 18.5. The number of aliphatic hydroxyl groups excluding tert-OH is 1. The zero-order chi connectivity index (χ0) is 35.9. The molecule has 0 radical (unpaired) electrons. The monoisotopic (exact) mass is 687 g/mol. The predicted molar refractivity (Wildman–Crippen MR) is 190 cm³/mol. The molecule has 1 aromatic rings. The molecule has 5 rings (SSSR count). The molecule has 0 amide bonds. The van der Waals surface area contributed by atoms with Gasteiger partial charge in [-0.15, -0.1) is 0 Å². The van der Waals surface area contributed by atoms with Crippen molar-refractivity contribution in [3.05, 3.63) is 35.4 Å². The van der Waals surface area contributed by atoms with Crippen LogP contribution >= 0.6 is 0 Å². The first kappa shape index (κ1) is 38.6. The quantitative estimate of drug-likeness (QED) is 0.341. The maximum absolute atomic E-state index is 13.9. The number of piperidine rings is 1. The second kappa shape index (κ2) is 15.2. The van der Waals surface area contributed by atoms with Gasteiger partial charge in [0.2, 0.25) is 0 Å². The minimum absolute atomic E-state index is 0.0749. The van der Waals surface area contributed by atoms with E-state index in [0.717, 1.165) is 45.4 Å². The number of aryl methyl sites for hydroxylation is 1. The average Bonchev–Trinajstić information content (AvgIpc) is 3.87. The van der Waals surface area contributed by atoms with Crippen LogP contribution in [0.4, 0.5) is 0 Å². The molecular formula is C39H65N3O7. The molecular weight excluding hydrogens is 622 g/mol. The van der Waals surface area contributed by atoms with Gasteiger partial charge < -0.3 is 33.7 Å². The summed E-state index contributed by atoms with van der Waals surface area (Å²) in [5.74, 6) is -0.148. The molecule has 1 N–H and O–H groups in total. The number of nitrogens with zero attached hydrogens (tertiary/aromatic N) is 3. The molecule has 0 aromatic heterocycles. The number of hydrogen-bond acceptors (Lipinski definition) is 10. The second-order valence-corrected chi connectivity index (χ2v) is 17.0. The molecule has 0 bridgehead atoms. The molecule has 4 aliphatic heterocycles. The van der Waals surface area contributed by atoms with Crippen LogP contribution in [0.3, 0.4) is 0 Å². The minimum atomic E-state index is -0.846. The van der Waals surface area contributed by atoms with Crippen LogP contribution in [0.25, 0.3) is 0 Å². The van der Waals surface area contributed by atoms with Crippen LogP contribution in [0.15, 0.2) is 24.3 Å². The molecule has 0 saturated carbocycles. The van der Waals surface area contributed by atoms with Crippen LogP contribution in [0, 0.1) is 24.2 Å². The van der Waals surface area contributed by atoms with Crippen LogP contribution < -0.4 is 0 Å². The topological polar surface area (TPSA) is 96.5 Å². The average molecular weight is 688 g/mol. The highest BCUT2D eigenvalue weighted by molar-refractivity contribution is 5.77. The third-order valence-electron chi connectivity index (χ3n) is 12.3. The van der Waals surface area contributed by atoms with E-state index in [-0.39, 0.29) is 47.7 Å². The molecule has 1 spiro atoms. The summed E-state index contributed by atoms with van der Waals surface area (Å²) in [6.07, 6.45) is 0.520. The van der Waals surface area contributed by atoms with Crippen molar-refractivity contribution in [3.63, 3.8) is 0 Å². The van der Waals surface area contributed by atoms with Crippen molar-refractivity contribution < 1.29 is 33.6 Å². The molecule has 49 heavy (non-hydrogen) atoms. The highest BCUT2D eigenvalue weighted by Crippen LogP contribution is 2.48. The highest BCUT2D eigenvalue weighted by atomic mass is 16.7. The van der Waals surface area contributed by atoms with Crippen LogP contribution in [-0.4, -0.2) is 134 Å². The van der Waals surface area contributed by atoms with E-state index in [1.54, 1.807) is 7.11 Å². The molecule has 10 atom stereocenters. The van der Waals surface area contributed by atoms with Gasteiger partial charge in [-0.2, -0.15) is 0 Å². The SMILES string of the molecule is CO[C@]1(C)C[C@@H](C)CN(C)C2(CCN(Cc3ccc(C)cc3)CC2)COC(=O)C(C)(C)C2OC2[C@H](C)[C@H]1O[C@@H]1O[C@H](C)C[C@H](N(C)C)[C@H]1O. The fourth-order valence-corrected chi connectivity index (χ4v) is 8.85. The maximum Gasteiger partial charge on any atom is 0.314 e. The third kappa shape index (κ3) is 8.38. The number of fused-ring (bicyclic) bond motifs is 1. The third-order valence-corrected chi connectivity index (χ3v) is 12.3. The van der Waals surface area contributed by atoms with Gasteiger partial charge in [0.05, 0.1) is 34.9 Å². The largest absolute Gasteiger partial charge is 0.463 e. The number of methoxy groups -OCH3 is 1. The van der Waals surface area contributed by atoms with Gasteiger partial charge in [-0.05, 0) is 92.9 Å². The van der Waals surface area contributed by atoms with Gasteiger partial charge in [0.1, 0.15) is 18.8 Å². The number of hydrogen-bond donors (Lipinski definition) is 1. The van der Waals surface area contributed by atoms with Crippen molar-refractivity contribution in [2.45, 2.75) is 135 Å². The molecule has 10 nitrogen and oxygen atoms in total. The number of benzene rings is 1. The first-order chi connectivity index (χ1) is 23.0. The molecule has 4 aliphatic rings. The number of carbonyl (C=O) groups is 1. The molecule has 278 valence electrons. The van der Waals surface area contributed by atoms with Crippen LogP contribution in [0.1, 0.15) is 78.4 Å². The lowest BCUT2D eigenvalue weighted by molar-refractivity contribution is -0.298. The summed E-state index contributed by atoms with van der Waals surface area (Å²) in [5, 5.41) is 11.5. The van der Waals surface area contributed by atoms with Crippen LogP contribution in [0.2, 0.25) is 0 Å². The number of carbonyl (C=O) groups excluding carboxylic acids is 1. The number of ether oxygens (including phenoxy) is 5. The highest BCUT2D eigenvalue weighted by Gasteiger charge is 2.60. The molecule has 2 unspecified atom stereocenters. The fourth-order valence-electron chi connectivity index (χ4n) is 8.85. The number of likely N-dealkylation sites (tertiary alicyclic amines) is 1. The first-order valence-electron chi connectivity index (χ1n) is 18.5. The van der Waals surface area contributed by atoms with Gasteiger partial charge in [0.15, 0.2) is 6.29 Å². The Labute approximate surface area is 295 Å². The zero-order valence-electron chi connectivity index (χ0n) is 32.1. The molecule has 4 heterocycles. The van der Waals surface area contributed by atoms with E-state index in [9.17, 15) is 9.90 Å². The van der Waals surface area contributed by atoms with Crippen LogP contribution in [-0.2, 0) is 35.0 Å². The zero-order valence-corrected chi connectivity index (χ0v) is 32.1. The Morgan fingerprint density at radius 2 is 1.69 bits per heavy atom. The van der Waals surface area contributed by atoms with E-state index in [2.05, 4.69) is 68.8 Å². The lowest BCUT2D eigenvalue weighted by Crippen LogP contribution is -2.60. The van der Waals surface area contributed by atoms with Crippen molar-refractivity contribution in [1.82, 2.24) is 14.7 Å². The Hall–Kier alpha value is -1.63. The van der Waals surface area contributed by atoms with E-state index in [0.29, 0.717) is 13.0 Å². The van der Waals surface area contributed by atoms with Gasteiger partial charge in [0.25, 0.3) is 0 Å². The van der Waals surface area contributed by atoms with E-state index < -0.39 is 29.5 Å². The Kier molecular flexibility index (Phi) is 11.9. The molecule has 0 aliphatic carbocycles. The van der Waals surface area contributed by atoms with Crippen molar-refractivity contribution in [2.75, 3.05) is 54.5 Å². The molecule has 4 saturated heterocycles. The number of rotatable bonds is 6. The molecule has 1 aromatic carbocycles. The number of esters is 1. The van der Waals surface area contributed by atoms with Crippen molar-refractivity contribution >= 4 is 5.97 Å². The van der Waals surface area contributed by atoms with Crippen molar-refractivity contribution in [3.8, 4) is 0 Å². The standard InChI is InChI=1S/C39H65N3O7/c1-25-12-14-29(15-13-25)23-42-18-16-39(17-19-42)24-46-36(44)37(5,6)34-32(48-34)28(4)33(38(7,45-11)21-26(2)22-41(39)10)49-35-31(43)30(40(8)9)20-27(3)47-35/h12-15,26-28,30-35,43H,16-24H2,1-11H3/t26-,27-,28+,30+,31-,32?,33-,34?,35+,38-/m1/s1.